The van der Waals surface area contributed by atoms with E-state index in [1.165, 1.54) is 17.7 Å². The number of anilines is 1. The molecule has 0 aliphatic rings. The monoisotopic (exact) mass is 447 g/mol. The van der Waals surface area contributed by atoms with Gasteiger partial charge in [0, 0.05) is 18.5 Å². The maximum atomic E-state index is 13.3. The third-order valence-electron chi connectivity index (χ3n) is 5.07. The average molecular weight is 448 g/mol. The Morgan fingerprint density at radius 1 is 1.00 bits per heavy atom. The lowest BCUT2D eigenvalue weighted by Crippen LogP contribution is -2.15. The Kier molecular flexibility index (Phi) is 6.26. The first-order valence-electron chi connectivity index (χ1n) is 10.6. The molecular weight excluding hydrogens is 421 g/mol. The van der Waals surface area contributed by atoms with Crippen LogP contribution in [0, 0.1) is 5.82 Å². The lowest BCUT2D eigenvalue weighted by atomic mass is 9.87. The molecule has 8 heteroatoms. The van der Waals surface area contributed by atoms with Gasteiger partial charge >= 0.3 is 0 Å². The lowest BCUT2D eigenvalue weighted by molar-refractivity contribution is 0.101. The molecule has 0 saturated carbocycles. The third-order valence-corrected chi connectivity index (χ3v) is 5.07. The van der Waals surface area contributed by atoms with Crippen LogP contribution in [0.2, 0.25) is 0 Å². The number of hydrogen-bond donors (Lipinski definition) is 1. The standard InChI is InChI=1S/C25H26FN5O2/c1-25(2,3)19-7-9-21(10-8-19)33-17-31-13-11-22(28-31)24(32)27-23-12-14-30(29-23)16-18-5-4-6-20(26)15-18/h4-15H,16-17H2,1-3H3,(H,27,29,32). The van der Waals surface area contributed by atoms with Gasteiger partial charge in [-0.3, -0.25) is 9.48 Å². The summed E-state index contributed by atoms with van der Waals surface area (Å²) < 4.78 is 22.3. The predicted octanol–water partition coefficient (Wildman–Crippen LogP) is 4.85. The summed E-state index contributed by atoms with van der Waals surface area (Å²) in [7, 11) is 0. The van der Waals surface area contributed by atoms with Gasteiger partial charge in [-0.05, 0) is 46.9 Å². The molecule has 2 aromatic carbocycles. The van der Waals surface area contributed by atoms with Crippen LogP contribution in [0.15, 0.2) is 73.1 Å². The van der Waals surface area contributed by atoms with Crippen LogP contribution in [-0.2, 0) is 18.7 Å². The SMILES string of the molecule is CC(C)(C)c1ccc(OCn2ccc(C(=O)Nc3ccn(Cc4cccc(F)c4)n3)n2)cc1. The van der Waals surface area contributed by atoms with Crippen LogP contribution in [0.5, 0.6) is 5.75 Å². The maximum Gasteiger partial charge on any atom is 0.277 e. The number of nitrogens with one attached hydrogen (secondary N) is 1. The summed E-state index contributed by atoms with van der Waals surface area (Å²) in [6, 6.07) is 17.6. The molecule has 0 aliphatic heterocycles. The molecule has 7 nitrogen and oxygen atoms in total. The Hall–Kier alpha value is -3.94. The van der Waals surface area contributed by atoms with Crippen LogP contribution in [-0.4, -0.2) is 25.5 Å². The second kappa shape index (κ2) is 9.28. The fourth-order valence-electron chi connectivity index (χ4n) is 3.27. The van der Waals surface area contributed by atoms with Crippen molar-refractivity contribution in [3.8, 4) is 5.75 Å². The molecule has 1 N–H and O–H groups in total. The van der Waals surface area contributed by atoms with Gasteiger partial charge in [-0.15, -0.1) is 0 Å². The first-order chi connectivity index (χ1) is 15.8. The third kappa shape index (κ3) is 5.85. The Morgan fingerprint density at radius 3 is 2.48 bits per heavy atom. The molecule has 4 rings (SSSR count). The van der Waals surface area contributed by atoms with Crippen molar-refractivity contribution < 1.29 is 13.9 Å². The van der Waals surface area contributed by atoms with Gasteiger partial charge in [0.15, 0.2) is 18.2 Å². The molecule has 0 bridgehead atoms. The highest BCUT2D eigenvalue weighted by atomic mass is 19.1. The van der Waals surface area contributed by atoms with Gasteiger partial charge in [-0.1, -0.05) is 45.0 Å². The minimum Gasteiger partial charge on any atom is -0.471 e. The van der Waals surface area contributed by atoms with Gasteiger partial charge < -0.3 is 10.1 Å². The van der Waals surface area contributed by atoms with Gasteiger partial charge in [0.2, 0.25) is 0 Å². The van der Waals surface area contributed by atoms with E-state index in [4.69, 9.17) is 4.74 Å². The van der Waals surface area contributed by atoms with Crippen molar-refractivity contribution in [2.24, 2.45) is 0 Å². The van der Waals surface area contributed by atoms with E-state index in [1.807, 2.05) is 30.3 Å². The summed E-state index contributed by atoms with van der Waals surface area (Å²) in [6.07, 6.45) is 3.40. The van der Waals surface area contributed by atoms with E-state index in [0.29, 0.717) is 12.4 Å². The van der Waals surface area contributed by atoms with Crippen molar-refractivity contribution in [1.82, 2.24) is 19.6 Å². The van der Waals surface area contributed by atoms with E-state index in [0.717, 1.165) is 11.3 Å². The molecule has 0 spiro atoms. The first-order valence-corrected chi connectivity index (χ1v) is 10.6. The van der Waals surface area contributed by atoms with Crippen LogP contribution in [0.3, 0.4) is 0 Å². The second-order valence-corrected chi connectivity index (χ2v) is 8.77. The number of benzene rings is 2. The van der Waals surface area contributed by atoms with Crippen LogP contribution < -0.4 is 10.1 Å². The molecule has 33 heavy (non-hydrogen) atoms. The summed E-state index contributed by atoms with van der Waals surface area (Å²) in [6.45, 7) is 7.07. The van der Waals surface area contributed by atoms with Crippen molar-refractivity contribution >= 4 is 11.7 Å². The van der Waals surface area contributed by atoms with Gasteiger partial charge in [-0.2, -0.15) is 10.2 Å². The van der Waals surface area contributed by atoms with E-state index in [1.54, 1.807) is 40.0 Å². The number of amides is 1. The number of ether oxygens (including phenoxy) is 1. The number of carbonyl (C=O) groups excluding carboxylic acids is 1. The quantitative estimate of drug-likeness (QED) is 0.439. The number of carbonyl (C=O) groups is 1. The number of aromatic nitrogens is 4. The fraction of sp³-hybridized carbons (Fsp3) is 0.240. The van der Waals surface area contributed by atoms with Crippen molar-refractivity contribution in [3.63, 3.8) is 0 Å². The summed E-state index contributed by atoms with van der Waals surface area (Å²) in [5, 5.41) is 11.3. The number of halogens is 1. The summed E-state index contributed by atoms with van der Waals surface area (Å²) >= 11 is 0. The lowest BCUT2D eigenvalue weighted by Gasteiger charge is -2.19. The molecule has 0 fully saturated rings. The van der Waals surface area contributed by atoms with E-state index in [2.05, 4.69) is 36.3 Å². The molecule has 170 valence electrons. The number of hydrogen-bond acceptors (Lipinski definition) is 4. The molecule has 2 aromatic heterocycles. The largest absolute Gasteiger partial charge is 0.471 e. The molecule has 0 unspecified atom stereocenters. The zero-order chi connectivity index (χ0) is 23.4. The zero-order valence-corrected chi connectivity index (χ0v) is 18.8. The molecule has 1 amide bonds. The molecule has 0 radical (unpaired) electrons. The van der Waals surface area contributed by atoms with Gasteiger partial charge in [-0.25, -0.2) is 9.07 Å². The number of nitrogens with zero attached hydrogens (tertiary/aromatic N) is 4. The minimum absolute atomic E-state index is 0.0814. The van der Waals surface area contributed by atoms with Crippen molar-refractivity contribution in [2.75, 3.05) is 5.32 Å². The van der Waals surface area contributed by atoms with E-state index >= 15 is 0 Å². The highest BCUT2D eigenvalue weighted by Crippen LogP contribution is 2.24. The summed E-state index contributed by atoms with van der Waals surface area (Å²) in [4.78, 5) is 12.5. The van der Waals surface area contributed by atoms with Crippen molar-refractivity contribution in [1.29, 1.82) is 0 Å². The maximum absolute atomic E-state index is 13.3. The fourth-order valence-corrected chi connectivity index (χ4v) is 3.27. The van der Waals surface area contributed by atoms with Crippen LogP contribution in [0.25, 0.3) is 0 Å². The van der Waals surface area contributed by atoms with Crippen molar-refractivity contribution in [2.45, 2.75) is 39.5 Å². The van der Waals surface area contributed by atoms with Crippen LogP contribution in [0.4, 0.5) is 10.2 Å². The highest BCUT2D eigenvalue weighted by Gasteiger charge is 2.14. The van der Waals surface area contributed by atoms with E-state index in [-0.39, 0.29) is 29.6 Å². The van der Waals surface area contributed by atoms with Gasteiger partial charge in [0.25, 0.3) is 5.91 Å². The molecule has 0 saturated heterocycles. The smallest absolute Gasteiger partial charge is 0.277 e. The number of rotatable bonds is 7. The van der Waals surface area contributed by atoms with Crippen molar-refractivity contribution in [3.05, 3.63) is 95.7 Å². The normalized spacial score (nSPS) is 11.4. The Bertz CT molecular complexity index is 1240. The zero-order valence-electron chi connectivity index (χ0n) is 18.8. The Labute approximate surface area is 191 Å². The predicted molar refractivity (Wildman–Crippen MR) is 124 cm³/mol. The van der Waals surface area contributed by atoms with Gasteiger partial charge in [0.1, 0.15) is 11.6 Å². The van der Waals surface area contributed by atoms with Crippen LogP contribution in [0.1, 0.15) is 42.4 Å². The first kappa shape index (κ1) is 22.3. The molecule has 2 heterocycles. The van der Waals surface area contributed by atoms with Gasteiger partial charge in [0.05, 0.1) is 6.54 Å². The average Bonchev–Trinajstić information content (AvgIpc) is 3.42. The minimum atomic E-state index is -0.376. The molecular formula is C25H26FN5O2. The van der Waals surface area contributed by atoms with E-state index in [9.17, 15) is 9.18 Å². The second-order valence-electron chi connectivity index (χ2n) is 8.77. The molecule has 0 aliphatic carbocycles. The molecule has 0 atom stereocenters. The Balaban J connectivity index is 1.31. The topological polar surface area (TPSA) is 74.0 Å². The van der Waals surface area contributed by atoms with E-state index < -0.39 is 0 Å². The molecule has 4 aromatic rings. The summed E-state index contributed by atoms with van der Waals surface area (Å²) in [5.41, 5.74) is 2.34. The highest BCUT2D eigenvalue weighted by molar-refractivity contribution is 6.02. The summed E-state index contributed by atoms with van der Waals surface area (Å²) in [5.74, 6) is 0.448. The van der Waals surface area contributed by atoms with Crippen LogP contribution >= 0.6 is 0 Å². The Morgan fingerprint density at radius 2 is 1.76 bits per heavy atom.